The van der Waals surface area contributed by atoms with Crippen molar-refractivity contribution in [2.75, 3.05) is 11.9 Å². The van der Waals surface area contributed by atoms with E-state index in [0.717, 1.165) is 32.4 Å². The van der Waals surface area contributed by atoms with E-state index >= 15 is 0 Å². The van der Waals surface area contributed by atoms with Crippen molar-refractivity contribution < 1.29 is 0 Å². The van der Waals surface area contributed by atoms with Crippen LogP contribution in [-0.4, -0.2) is 25.9 Å². The predicted octanol–water partition coefficient (Wildman–Crippen LogP) is 2.40. The topological polar surface area (TPSA) is 64.7 Å². The molecule has 0 atom stereocenters. The van der Waals surface area contributed by atoms with Gasteiger partial charge >= 0.3 is 0 Å². The van der Waals surface area contributed by atoms with Crippen LogP contribution < -0.4 is 10.9 Å². The maximum absolute atomic E-state index is 11.9. The summed E-state index contributed by atoms with van der Waals surface area (Å²) in [6.45, 7) is 4.28. The van der Waals surface area contributed by atoms with Gasteiger partial charge in [-0.05, 0) is 19.3 Å². The highest BCUT2D eigenvalue weighted by Gasteiger charge is 2.08. The Morgan fingerprint density at radius 1 is 1.33 bits per heavy atom. The first-order valence-corrected chi connectivity index (χ1v) is 7.55. The van der Waals surface area contributed by atoms with Crippen LogP contribution in [0.3, 0.4) is 0 Å². The van der Waals surface area contributed by atoms with E-state index in [1.165, 1.54) is 4.68 Å². The molecule has 0 radical (unpaired) electrons. The Kier molecular flexibility index (Phi) is 5.80. The molecule has 2 rings (SSSR count). The number of hydrogen-bond acceptors (Lipinski definition) is 4. The maximum atomic E-state index is 11.9. The van der Waals surface area contributed by atoms with Crippen molar-refractivity contribution in [3.8, 4) is 0 Å². The number of rotatable bonds is 8. The Labute approximate surface area is 128 Å². The Morgan fingerprint density at radius 3 is 2.90 bits per heavy atom. The average Bonchev–Trinajstić information content (AvgIpc) is 2.99. The minimum absolute atomic E-state index is 0.216. The van der Waals surface area contributed by atoms with E-state index in [9.17, 15) is 4.79 Å². The van der Waals surface area contributed by atoms with Crippen LogP contribution in [0.15, 0.2) is 29.7 Å². The first-order chi connectivity index (χ1) is 10.2. The number of nitrogens with zero attached hydrogens (tertiary/aromatic N) is 4. The van der Waals surface area contributed by atoms with Crippen LogP contribution >= 0.6 is 11.6 Å². The molecule has 2 aromatic heterocycles. The number of unbranched alkanes of at least 4 members (excludes halogenated alkanes) is 1. The number of aromatic nitrogens is 4. The van der Waals surface area contributed by atoms with E-state index in [1.54, 1.807) is 12.4 Å². The fraction of sp³-hybridized carbons (Fsp3) is 0.500. The first kappa shape index (κ1) is 15.6. The van der Waals surface area contributed by atoms with Gasteiger partial charge in [0.05, 0.1) is 18.2 Å². The second-order valence-corrected chi connectivity index (χ2v) is 5.21. The smallest absolute Gasteiger partial charge is 0.287 e. The lowest BCUT2D eigenvalue weighted by molar-refractivity contribution is 0.568. The van der Waals surface area contributed by atoms with Gasteiger partial charge in [-0.1, -0.05) is 18.5 Å². The molecule has 2 aromatic rings. The molecule has 0 aromatic carbocycles. The zero-order chi connectivity index (χ0) is 15.1. The molecule has 7 heteroatoms. The monoisotopic (exact) mass is 309 g/mol. The zero-order valence-corrected chi connectivity index (χ0v) is 12.9. The van der Waals surface area contributed by atoms with Gasteiger partial charge in [0, 0.05) is 32.0 Å². The highest BCUT2D eigenvalue weighted by molar-refractivity contribution is 6.32. The van der Waals surface area contributed by atoms with Crippen LogP contribution in [0.25, 0.3) is 0 Å². The van der Waals surface area contributed by atoms with E-state index in [4.69, 9.17) is 11.6 Å². The van der Waals surface area contributed by atoms with Gasteiger partial charge in [-0.15, -0.1) is 0 Å². The summed E-state index contributed by atoms with van der Waals surface area (Å²) in [6.07, 6.45) is 10.0. The van der Waals surface area contributed by atoms with Gasteiger partial charge < -0.3 is 9.88 Å². The van der Waals surface area contributed by atoms with Crippen molar-refractivity contribution in [3.05, 3.63) is 40.3 Å². The average molecular weight is 310 g/mol. The van der Waals surface area contributed by atoms with Crippen LogP contribution in [0, 0.1) is 0 Å². The molecule has 2 heterocycles. The molecule has 1 N–H and O–H groups in total. The normalized spacial score (nSPS) is 10.8. The molecular weight excluding hydrogens is 290 g/mol. The van der Waals surface area contributed by atoms with Gasteiger partial charge in [-0.25, -0.2) is 9.67 Å². The minimum Gasteiger partial charge on any atom is -0.382 e. The lowest BCUT2D eigenvalue weighted by Gasteiger charge is -2.10. The summed E-state index contributed by atoms with van der Waals surface area (Å²) in [5, 5.41) is 7.50. The molecule has 21 heavy (non-hydrogen) atoms. The van der Waals surface area contributed by atoms with E-state index in [1.807, 2.05) is 24.0 Å². The Morgan fingerprint density at radius 2 is 2.19 bits per heavy atom. The molecule has 0 saturated carbocycles. The number of nitrogens with one attached hydrogen (secondary N) is 1. The van der Waals surface area contributed by atoms with Crippen molar-refractivity contribution in [2.24, 2.45) is 0 Å². The Balaban J connectivity index is 1.80. The third-order valence-corrected chi connectivity index (χ3v) is 3.50. The standard InChI is InChI=1S/C14H20ClN5O/c1-2-7-20-14(21)13(15)12(10-18-20)17-5-3-4-8-19-9-6-16-11-19/h6,9-11,17H,2-5,7-8H2,1H3. The van der Waals surface area contributed by atoms with Crippen LogP contribution in [0.1, 0.15) is 26.2 Å². The number of halogens is 1. The molecule has 0 fully saturated rings. The van der Waals surface area contributed by atoms with Crippen molar-refractivity contribution in [3.63, 3.8) is 0 Å². The number of aryl methyl sites for hydroxylation is 2. The first-order valence-electron chi connectivity index (χ1n) is 7.17. The van der Waals surface area contributed by atoms with Crippen molar-refractivity contribution >= 4 is 17.3 Å². The number of hydrogen-bond donors (Lipinski definition) is 1. The highest BCUT2D eigenvalue weighted by Crippen LogP contribution is 2.15. The van der Waals surface area contributed by atoms with Crippen molar-refractivity contribution in [1.29, 1.82) is 0 Å². The van der Waals surface area contributed by atoms with Gasteiger partial charge in [-0.2, -0.15) is 5.10 Å². The lowest BCUT2D eigenvalue weighted by Crippen LogP contribution is -2.24. The fourth-order valence-corrected chi connectivity index (χ4v) is 2.23. The molecule has 0 aliphatic heterocycles. The second-order valence-electron chi connectivity index (χ2n) is 4.83. The van der Waals surface area contributed by atoms with Crippen LogP contribution in [0.4, 0.5) is 5.69 Å². The summed E-state index contributed by atoms with van der Waals surface area (Å²) in [5.74, 6) is 0. The van der Waals surface area contributed by atoms with E-state index < -0.39 is 0 Å². The summed E-state index contributed by atoms with van der Waals surface area (Å²) in [6, 6.07) is 0. The van der Waals surface area contributed by atoms with Crippen molar-refractivity contribution in [2.45, 2.75) is 39.3 Å². The molecule has 0 unspecified atom stereocenters. The third-order valence-electron chi connectivity index (χ3n) is 3.14. The summed E-state index contributed by atoms with van der Waals surface area (Å²) >= 11 is 6.08. The number of anilines is 1. The molecule has 114 valence electrons. The summed E-state index contributed by atoms with van der Waals surface area (Å²) in [4.78, 5) is 15.9. The van der Waals surface area contributed by atoms with Gasteiger partial charge in [0.2, 0.25) is 0 Å². The minimum atomic E-state index is -0.234. The van der Waals surface area contributed by atoms with Crippen LogP contribution in [0.2, 0.25) is 5.02 Å². The second kappa shape index (κ2) is 7.83. The zero-order valence-electron chi connectivity index (χ0n) is 12.1. The Hall–Kier alpha value is -1.82. The highest BCUT2D eigenvalue weighted by atomic mass is 35.5. The van der Waals surface area contributed by atoms with Gasteiger partial charge in [-0.3, -0.25) is 4.79 Å². The van der Waals surface area contributed by atoms with Gasteiger partial charge in [0.15, 0.2) is 0 Å². The van der Waals surface area contributed by atoms with E-state index in [2.05, 4.69) is 15.4 Å². The quantitative estimate of drug-likeness (QED) is 0.760. The van der Waals surface area contributed by atoms with E-state index in [0.29, 0.717) is 12.2 Å². The fourth-order valence-electron chi connectivity index (χ4n) is 2.02. The summed E-state index contributed by atoms with van der Waals surface area (Å²) < 4.78 is 3.44. The molecular formula is C14H20ClN5O. The molecule has 0 aliphatic carbocycles. The van der Waals surface area contributed by atoms with Crippen LogP contribution in [0.5, 0.6) is 0 Å². The van der Waals surface area contributed by atoms with Gasteiger partial charge in [0.25, 0.3) is 5.56 Å². The SMILES string of the molecule is CCCn1ncc(NCCCCn2ccnc2)c(Cl)c1=O. The third kappa shape index (κ3) is 4.32. The van der Waals surface area contributed by atoms with Crippen molar-refractivity contribution in [1.82, 2.24) is 19.3 Å². The summed E-state index contributed by atoms with van der Waals surface area (Å²) in [7, 11) is 0. The molecule has 0 saturated heterocycles. The largest absolute Gasteiger partial charge is 0.382 e. The maximum Gasteiger partial charge on any atom is 0.287 e. The van der Waals surface area contributed by atoms with Crippen LogP contribution in [-0.2, 0) is 13.1 Å². The number of imidazole rings is 1. The summed E-state index contributed by atoms with van der Waals surface area (Å²) in [5.41, 5.74) is 0.374. The molecule has 0 aliphatic rings. The Bertz CT molecular complexity index is 608. The lowest BCUT2D eigenvalue weighted by atomic mass is 10.3. The molecule has 0 bridgehead atoms. The molecule has 0 amide bonds. The van der Waals surface area contributed by atoms with Gasteiger partial charge in [0.1, 0.15) is 5.02 Å². The molecule has 6 nitrogen and oxygen atoms in total. The predicted molar refractivity (Wildman–Crippen MR) is 83.7 cm³/mol. The van der Waals surface area contributed by atoms with E-state index in [-0.39, 0.29) is 10.6 Å². The molecule has 0 spiro atoms.